The molecular weight excluding hydrogens is 326 g/mol. The van der Waals surface area contributed by atoms with E-state index < -0.39 is 0 Å². The maximum Gasteiger partial charge on any atom is 0.252 e. The zero-order chi connectivity index (χ0) is 11.6. The highest BCUT2D eigenvalue weighted by Gasteiger charge is 2.18. The van der Waals surface area contributed by atoms with Gasteiger partial charge in [0.25, 0.3) is 5.91 Å². The summed E-state index contributed by atoms with van der Waals surface area (Å²) in [5.41, 5.74) is 0.307. The summed E-state index contributed by atoms with van der Waals surface area (Å²) in [4.78, 5) is 15.7. The van der Waals surface area contributed by atoms with Crippen LogP contribution in [-0.2, 0) is 0 Å². The first-order valence-electron chi connectivity index (χ1n) is 4.44. The molecule has 1 aromatic heterocycles. The molecule has 82 valence electrons. The van der Waals surface area contributed by atoms with Crippen LogP contribution < -0.4 is 5.32 Å². The third-order valence-corrected chi connectivity index (χ3v) is 3.28. The molecule has 0 unspecified atom stereocenters. The number of hydrogen-bond donors (Lipinski definition) is 1. The van der Waals surface area contributed by atoms with Gasteiger partial charge in [0.05, 0.1) is 9.13 Å². The minimum absolute atomic E-state index is 0.129. The second-order valence-electron chi connectivity index (χ2n) is 4.17. The molecule has 1 aromatic rings. The summed E-state index contributed by atoms with van der Waals surface area (Å²) in [6.45, 7) is 5.79. The highest BCUT2D eigenvalue weighted by atomic mass is 127. The van der Waals surface area contributed by atoms with Crippen molar-refractivity contribution >= 4 is 40.1 Å². The van der Waals surface area contributed by atoms with Gasteiger partial charge in [-0.1, -0.05) is 11.6 Å². The topological polar surface area (TPSA) is 42.0 Å². The van der Waals surface area contributed by atoms with E-state index in [1.807, 2.05) is 43.4 Å². The Morgan fingerprint density at radius 3 is 2.67 bits per heavy atom. The molecule has 0 aliphatic heterocycles. The third kappa shape index (κ3) is 3.61. The highest BCUT2D eigenvalue weighted by molar-refractivity contribution is 14.1. The van der Waals surface area contributed by atoms with Gasteiger partial charge in [0.2, 0.25) is 0 Å². The Balaban J connectivity index is 2.97. The summed E-state index contributed by atoms with van der Waals surface area (Å²) in [6.07, 6.45) is 1.53. The van der Waals surface area contributed by atoms with E-state index in [0.29, 0.717) is 14.3 Å². The van der Waals surface area contributed by atoms with E-state index in [1.165, 1.54) is 6.20 Å². The Labute approximate surface area is 108 Å². The van der Waals surface area contributed by atoms with Gasteiger partial charge in [-0.3, -0.25) is 4.79 Å². The number of hydrogen-bond acceptors (Lipinski definition) is 2. The fourth-order valence-electron chi connectivity index (χ4n) is 1.00. The normalized spacial score (nSPS) is 11.3. The van der Waals surface area contributed by atoms with E-state index in [1.54, 1.807) is 6.07 Å². The maximum atomic E-state index is 11.8. The lowest BCUT2D eigenvalue weighted by molar-refractivity contribution is 0.0918. The van der Waals surface area contributed by atoms with Crippen LogP contribution in [0.5, 0.6) is 0 Å². The molecule has 0 atom stereocenters. The van der Waals surface area contributed by atoms with Gasteiger partial charge in [0, 0.05) is 11.7 Å². The lowest BCUT2D eigenvalue weighted by Gasteiger charge is -2.20. The van der Waals surface area contributed by atoms with Gasteiger partial charge < -0.3 is 5.32 Å². The molecule has 0 aliphatic rings. The van der Waals surface area contributed by atoms with Crippen LogP contribution in [0.1, 0.15) is 31.1 Å². The first-order valence-corrected chi connectivity index (χ1v) is 5.89. The van der Waals surface area contributed by atoms with Gasteiger partial charge in [-0.15, -0.1) is 0 Å². The van der Waals surface area contributed by atoms with E-state index >= 15 is 0 Å². The molecule has 0 spiro atoms. The Hall–Kier alpha value is -0.360. The van der Waals surface area contributed by atoms with Crippen molar-refractivity contribution < 1.29 is 4.79 Å². The second-order valence-corrected chi connectivity index (χ2v) is 5.60. The maximum absolute atomic E-state index is 11.8. The van der Waals surface area contributed by atoms with E-state index in [0.717, 1.165) is 0 Å². The molecule has 0 bridgehead atoms. The number of halogens is 2. The monoisotopic (exact) mass is 338 g/mol. The predicted octanol–water partition coefficient (Wildman–Crippen LogP) is 2.87. The summed E-state index contributed by atoms with van der Waals surface area (Å²) in [5.74, 6) is -0.129. The van der Waals surface area contributed by atoms with Crippen molar-refractivity contribution in [1.82, 2.24) is 10.3 Å². The zero-order valence-corrected chi connectivity index (χ0v) is 11.7. The number of nitrogens with zero attached hydrogens (tertiary/aromatic N) is 1. The second kappa shape index (κ2) is 4.65. The Kier molecular flexibility index (Phi) is 3.94. The molecule has 1 N–H and O–H groups in total. The minimum atomic E-state index is -0.254. The molecule has 0 saturated heterocycles. The van der Waals surface area contributed by atoms with Crippen LogP contribution in [0.3, 0.4) is 0 Å². The standard InChI is InChI=1S/C10H12ClIN2O/c1-10(2,3)14-9(15)6-4-5-13-8(11)7(6)12/h4-5H,1-3H3,(H,14,15). The van der Waals surface area contributed by atoms with Gasteiger partial charge in [-0.2, -0.15) is 0 Å². The summed E-state index contributed by atoms with van der Waals surface area (Å²) < 4.78 is 0.679. The van der Waals surface area contributed by atoms with Crippen LogP contribution in [0.2, 0.25) is 5.15 Å². The Morgan fingerprint density at radius 1 is 1.53 bits per heavy atom. The average Bonchev–Trinajstić information content (AvgIpc) is 2.06. The Bertz CT molecular complexity index is 387. The van der Waals surface area contributed by atoms with Gasteiger partial charge in [-0.05, 0) is 49.4 Å². The summed E-state index contributed by atoms with van der Waals surface area (Å²) in [5, 5.41) is 3.23. The number of aromatic nitrogens is 1. The molecule has 0 radical (unpaired) electrons. The van der Waals surface area contributed by atoms with Gasteiger partial charge in [0.1, 0.15) is 5.15 Å². The number of carbonyl (C=O) groups excluding carboxylic acids is 1. The molecule has 0 aromatic carbocycles. The van der Waals surface area contributed by atoms with Gasteiger partial charge >= 0.3 is 0 Å². The van der Waals surface area contributed by atoms with Crippen molar-refractivity contribution in [2.24, 2.45) is 0 Å². The molecule has 15 heavy (non-hydrogen) atoms. The summed E-state index contributed by atoms with van der Waals surface area (Å²) >= 11 is 7.85. The molecule has 3 nitrogen and oxygen atoms in total. The van der Waals surface area contributed by atoms with Crippen LogP contribution in [0, 0.1) is 3.57 Å². The first kappa shape index (κ1) is 12.7. The largest absolute Gasteiger partial charge is 0.347 e. The lowest BCUT2D eigenvalue weighted by Crippen LogP contribution is -2.40. The van der Waals surface area contributed by atoms with Crippen molar-refractivity contribution in [3.63, 3.8) is 0 Å². The van der Waals surface area contributed by atoms with Crippen LogP contribution in [0.15, 0.2) is 12.3 Å². The molecule has 1 amide bonds. The van der Waals surface area contributed by atoms with Crippen molar-refractivity contribution in [2.45, 2.75) is 26.3 Å². The quantitative estimate of drug-likeness (QED) is 0.632. The van der Waals surface area contributed by atoms with Crippen molar-refractivity contribution in [3.05, 3.63) is 26.5 Å². The summed E-state index contributed by atoms with van der Waals surface area (Å²) in [7, 11) is 0. The number of amides is 1. The zero-order valence-electron chi connectivity index (χ0n) is 8.77. The molecule has 0 aliphatic carbocycles. The molecule has 1 rings (SSSR count). The van der Waals surface area contributed by atoms with Crippen LogP contribution in [0.25, 0.3) is 0 Å². The molecule has 0 fully saturated rings. The van der Waals surface area contributed by atoms with Crippen LogP contribution in [-0.4, -0.2) is 16.4 Å². The van der Waals surface area contributed by atoms with E-state index in [4.69, 9.17) is 11.6 Å². The predicted molar refractivity (Wildman–Crippen MR) is 69.2 cm³/mol. The number of rotatable bonds is 1. The number of nitrogens with one attached hydrogen (secondary N) is 1. The van der Waals surface area contributed by atoms with Crippen LogP contribution >= 0.6 is 34.2 Å². The number of carbonyl (C=O) groups is 1. The van der Waals surface area contributed by atoms with Gasteiger partial charge in [0.15, 0.2) is 0 Å². The fraction of sp³-hybridized carbons (Fsp3) is 0.400. The molecule has 5 heteroatoms. The lowest BCUT2D eigenvalue weighted by atomic mass is 10.1. The van der Waals surface area contributed by atoms with Crippen molar-refractivity contribution in [3.8, 4) is 0 Å². The van der Waals surface area contributed by atoms with Gasteiger partial charge in [-0.25, -0.2) is 4.98 Å². The van der Waals surface area contributed by atoms with E-state index in [2.05, 4.69) is 10.3 Å². The SMILES string of the molecule is CC(C)(C)NC(=O)c1ccnc(Cl)c1I. The van der Waals surface area contributed by atoms with Crippen LogP contribution in [0.4, 0.5) is 0 Å². The third-order valence-electron chi connectivity index (χ3n) is 1.58. The summed E-state index contributed by atoms with van der Waals surface area (Å²) in [6, 6.07) is 1.66. The van der Waals surface area contributed by atoms with Crippen molar-refractivity contribution in [2.75, 3.05) is 0 Å². The fourth-order valence-corrected chi connectivity index (χ4v) is 1.72. The molecule has 0 saturated carbocycles. The molecular formula is C10H12ClIN2O. The van der Waals surface area contributed by atoms with Crippen molar-refractivity contribution in [1.29, 1.82) is 0 Å². The highest BCUT2D eigenvalue weighted by Crippen LogP contribution is 2.19. The van der Waals surface area contributed by atoms with E-state index in [-0.39, 0.29) is 11.4 Å². The van der Waals surface area contributed by atoms with E-state index in [9.17, 15) is 4.79 Å². The molecule has 1 heterocycles. The smallest absolute Gasteiger partial charge is 0.252 e. The average molecular weight is 339 g/mol. The first-order chi connectivity index (χ1) is 6.81. The Morgan fingerprint density at radius 2 is 2.13 bits per heavy atom. The minimum Gasteiger partial charge on any atom is -0.347 e. The number of pyridine rings is 1.